The summed E-state index contributed by atoms with van der Waals surface area (Å²) in [5.74, 6) is -1.21. The van der Waals surface area contributed by atoms with Crippen LogP contribution in [0.25, 0.3) is 0 Å². The molecule has 3 nitrogen and oxygen atoms in total. The number of aliphatic carboxylic acids is 1. The first-order valence-corrected chi connectivity index (χ1v) is 4.06. The number of thiocarbonyl (C=S) groups is 1. The van der Waals surface area contributed by atoms with Gasteiger partial charge < -0.3 is 0 Å². The number of carboxylic acid groups (broad SMARTS) is 1. The Labute approximate surface area is 72.2 Å². The van der Waals surface area contributed by atoms with Gasteiger partial charge in [-0.3, -0.25) is 0 Å². The molecule has 2 atom stereocenters. The van der Waals surface area contributed by atoms with E-state index in [0.717, 1.165) is 0 Å². The van der Waals surface area contributed by atoms with Crippen LogP contribution in [0.2, 0.25) is 4.82 Å². The summed E-state index contributed by atoms with van der Waals surface area (Å²) in [6.07, 6.45) is -1.18. The zero-order chi connectivity index (χ0) is 8.15. The predicted molar refractivity (Wildman–Crippen MR) is 41.4 cm³/mol. The molecule has 0 aliphatic heterocycles. The Morgan fingerprint density at radius 2 is 2.30 bits per heavy atom. The number of rotatable bonds is 4. The zero-order valence-electron chi connectivity index (χ0n) is 5.06. The number of aliphatic hydroxyl groups is 1. The van der Waals surface area contributed by atoms with E-state index in [0.29, 0.717) is 0 Å². The summed E-state index contributed by atoms with van der Waals surface area (Å²) in [5, 5.41) is 18.4. The van der Waals surface area contributed by atoms with E-state index in [4.69, 9.17) is 10.2 Å². The van der Waals surface area contributed by atoms with Crippen molar-refractivity contribution in [2.24, 2.45) is 0 Å². The average molecular weight is 226 g/mol. The Bertz CT molecular complexity index is 139. The van der Waals surface area contributed by atoms with Crippen LogP contribution in [0.1, 0.15) is 6.42 Å². The molecule has 5 heteroatoms. The number of hydrogen-bond acceptors (Lipinski definition) is 3. The fourth-order valence-corrected chi connectivity index (χ4v) is 0.870. The summed E-state index contributed by atoms with van der Waals surface area (Å²) in [5.41, 5.74) is 0. The van der Waals surface area contributed by atoms with Gasteiger partial charge in [0.15, 0.2) is 0 Å². The fourth-order valence-electron chi connectivity index (χ4n) is 0.376. The number of aliphatic hydroxyl groups excluding tert-OH is 1. The second-order valence-electron chi connectivity index (χ2n) is 1.76. The van der Waals surface area contributed by atoms with Crippen molar-refractivity contribution in [2.75, 3.05) is 0 Å². The summed E-state index contributed by atoms with van der Waals surface area (Å²) in [6, 6.07) is 0. The van der Waals surface area contributed by atoms with Crippen LogP contribution in [0.5, 0.6) is 0 Å². The molecule has 0 saturated heterocycles. The summed E-state index contributed by atoms with van der Waals surface area (Å²) in [7, 11) is 0. The minimum atomic E-state index is -1.31. The molecule has 0 heterocycles. The second kappa shape index (κ2) is 4.79. The second-order valence-corrected chi connectivity index (χ2v) is 3.31. The third-order valence-corrected chi connectivity index (χ3v) is 2.30. The van der Waals surface area contributed by atoms with Gasteiger partial charge in [-0.25, -0.2) is 0 Å². The molecule has 1 radical (unpaired) electrons. The average Bonchev–Trinajstić information content (AvgIpc) is 1.87. The molecule has 0 rings (SSSR count). The molecule has 0 saturated carbocycles. The van der Waals surface area contributed by atoms with Gasteiger partial charge in [-0.05, 0) is 0 Å². The van der Waals surface area contributed by atoms with Gasteiger partial charge in [0.1, 0.15) is 0 Å². The van der Waals surface area contributed by atoms with Crippen LogP contribution >= 0.6 is 12.2 Å². The van der Waals surface area contributed by atoms with Gasteiger partial charge in [0.25, 0.3) is 0 Å². The zero-order valence-corrected chi connectivity index (χ0v) is 7.59. The van der Waals surface area contributed by atoms with Crippen LogP contribution < -0.4 is 0 Å². The quantitative estimate of drug-likeness (QED) is 0.514. The first-order chi connectivity index (χ1) is 4.57. The van der Waals surface area contributed by atoms with Crippen molar-refractivity contribution >= 4 is 39.6 Å². The third-order valence-electron chi connectivity index (χ3n) is 0.892. The topological polar surface area (TPSA) is 57.5 Å². The van der Waals surface area contributed by atoms with Crippen molar-refractivity contribution in [1.82, 2.24) is 0 Å². The summed E-state index contributed by atoms with van der Waals surface area (Å²) in [6.45, 7) is 0. The van der Waals surface area contributed by atoms with Crippen molar-refractivity contribution in [2.45, 2.75) is 17.3 Å². The standard InChI is InChI=1S/C5H7O3SSe/c6-4(5(7)8)1-3(10)2-9/h2-4,6H,1H2,(H,7,8). The van der Waals surface area contributed by atoms with Crippen LogP contribution in [-0.2, 0) is 4.79 Å². The molecule has 0 bridgehead atoms. The molecule has 0 spiro atoms. The van der Waals surface area contributed by atoms with Gasteiger partial charge in [-0.15, -0.1) is 0 Å². The SMILES string of the molecule is O=C(O)C(O)CC([Se])C=S. The van der Waals surface area contributed by atoms with E-state index in [9.17, 15) is 4.79 Å². The molecule has 0 aliphatic rings. The molecular weight excluding hydrogens is 219 g/mol. The van der Waals surface area contributed by atoms with Gasteiger partial charge in [0.2, 0.25) is 0 Å². The Balaban J connectivity index is 3.67. The van der Waals surface area contributed by atoms with Crippen LogP contribution in [0.15, 0.2) is 0 Å². The minimum absolute atomic E-state index is 0.138. The molecule has 2 N–H and O–H groups in total. The van der Waals surface area contributed by atoms with Gasteiger partial charge in [0, 0.05) is 0 Å². The van der Waals surface area contributed by atoms with Crippen LogP contribution in [0, 0.1) is 0 Å². The number of hydrogen-bond donors (Lipinski definition) is 2. The van der Waals surface area contributed by atoms with Gasteiger partial charge in [0.05, 0.1) is 0 Å². The number of carboxylic acids is 1. The van der Waals surface area contributed by atoms with E-state index < -0.39 is 12.1 Å². The Morgan fingerprint density at radius 3 is 2.60 bits per heavy atom. The van der Waals surface area contributed by atoms with Gasteiger partial charge in [-0.2, -0.15) is 0 Å². The van der Waals surface area contributed by atoms with Crippen molar-refractivity contribution in [3.05, 3.63) is 0 Å². The molecule has 0 aliphatic carbocycles. The van der Waals surface area contributed by atoms with E-state index in [1.807, 2.05) is 0 Å². The van der Waals surface area contributed by atoms with Crippen LogP contribution in [0.4, 0.5) is 0 Å². The molecule has 0 aromatic rings. The molecular formula is C5H7O3SSe. The van der Waals surface area contributed by atoms with E-state index in [1.165, 1.54) is 5.37 Å². The van der Waals surface area contributed by atoms with E-state index in [-0.39, 0.29) is 11.2 Å². The fraction of sp³-hybridized carbons (Fsp3) is 0.600. The first-order valence-electron chi connectivity index (χ1n) is 2.60. The first kappa shape index (κ1) is 10.0. The maximum absolute atomic E-state index is 10.0. The molecule has 0 fully saturated rings. The molecule has 57 valence electrons. The molecule has 10 heavy (non-hydrogen) atoms. The van der Waals surface area contributed by atoms with E-state index in [2.05, 4.69) is 28.2 Å². The van der Waals surface area contributed by atoms with Crippen molar-refractivity contribution in [3.63, 3.8) is 0 Å². The molecule has 0 amide bonds. The van der Waals surface area contributed by atoms with Crippen molar-refractivity contribution in [3.8, 4) is 0 Å². The monoisotopic (exact) mass is 227 g/mol. The molecule has 2 unspecified atom stereocenters. The summed E-state index contributed by atoms with van der Waals surface area (Å²) < 4.78 is 0. The van der Waals surface area contributed by atoms with Gasteiger partial charge in [-0.1, -0.05) is 0 Å². The summed E-state index contributed by atoms with van der Waals surface area (Å²) in [4.78, 5) is 9.89. The normalized spacial score (nSPS) is 15.8. The molecule has 0 aromatic heterocycles. The van der Waals surface area contributed by atoms with Crippen LogP contribution in [-0.4, -0.2) is 43.7 Å². The number of carbonyl (C=O) groups is 1. The Morgan fingerprint density at radius 1 is 1.80 bits per heavy atom. The molecule has 0 aromatic carbocycles. The van der Waals surface area contributed by atoms with E-state index in [1.54, 1.807) is 0 Å². The Hall–Kier alpha value is 0.0395. The van der Waals surface area contributed by atoms with Gasteiger partial charge >= 0.3 is 71.9 Å². The maximum atomic E-state index is 10.0. The van der Waals surface area contributed by atoms with Crippen molar-refractivity contribution < 1.29 is 15.0 Å². The predicted octanol–water partition coefficient (Wildman–Crippen LogP) is -0.221. The van der Waals surface area contributed by atoms with Crippen LogP contribution in [0.3, 0.4) is 0 Å². The third kappa shape index (κ3) is 3.95. The Kier molecular flexibility index (Phi) is 4.81. The van der Waals surface area contributed by atoms with E-state index >= 15 is 0 Å². The summed E-state index contributed by atoms with van der Waals surface area (Å²) >= 11 is 7.15. The van der Waals surface area contributed by atoms with Crippen molar-refractivity contribution in [1.29, 1.82) is 0 Å².